The fourth-order valence-electron chi connectivity index (χ4n) is 1.87. The first kappa shape index (κ1) is 16.3. The van der Waals surface area contributed by atoms with Gasteiger partial charge < -0.3 is 15.5 Å². The summed E-state index contributed by atoms with van der Waals surface area (Å²) in [7, 11) is 5.77. The third kappa shape index (κ3) is 4.73. The average molecular weight is 317 g/mol. The zero-order valence-electron chi connectivity index (χ0n) is 13.6. The molecule has 1 aromatic carbocycles. The van der Waals surface area contributed by atoms with E-state index in [4.69, 9.17) is 0 Å². The SMILES string of the molecule is CN=C(NCc1ccc(C)cc1)NCc1csc(N(C)C)n1. The Morgan fingerprint density at radius 3 is 2.45 bits per heavy atom. The van der Waals surface area contributed by atoms with Gasteiger partial charge in [-0.05, 0) is 12.5 Å². The number of aromatic nitrogens is 1. The van der Waals surface area contributed by atoms with Crippen LogP contribution in [-0.4, -0.2) is 32.1 Å². The molecule has 5 nitrogen and oxygen atoms in total. The number of nitrogens with one attached hydrogen (secondary N) is 2. The Balaban J connectivity index is 1.83. The first-order chi connectivity index (χ1) is 10.6. The third-order valence-electron chi connectivity index (χ3n) is 3.16. The molecule has 0 saturated heterocycles. The van der Waals surface area contributed by atoms with Crippen LogP contribution in [0.15, 0.2) is 34.6 Å². The lowest BCUT2D eigenvalue weighted by Gasteiger charge is -2.11. The number of aliphatic imine (C=N–C) groups is 1. The van der Waals surface area contributed by atoms with Gasteiger partial charge in [0.2, 0.25) is 0 Å². The van der Waals surface area contributed by atoms with Gasteiger partial charge in [-0.15, -0.1) is 11.3 Å². The van der Waals surface area contributed by atoms with Gasteiger partial charge in [-0.2, -0.15) is 0 Å². The number of guanidine groups is 1. The monoisotopic (exact) mass is 317 g/mol. The van der Waals surface area contributed by atoms with E-state index in [2.05, 4.69) is 57.2 Å². The molecule has 0 fully saturated rings. The Morgan fingerprint density at radius 2 is 1.86 bits per heavy atom. The van der Waals surface area contributed by atoms with E-state index in [0.29, 0.717) is 6.54 Å². The van der Waals surface area contributed by atoms with Crippen LogP contribution in [0, 0.1) is 6.92 Å². The minimum absolute atomic E-state index is 0.665. The summed E-state index contributed by atoms with van der Waals surface area (Å²) in [6.07, 6.45) is 0. The van der Waals surface area contributed by atoms with E-state index in [1.807, 2.05) is 19.0 Å². The molecular formula is C16H23N5S. The molecule has 1 aromatic heterocycles. The molecule has 0 aliphatic carbocycles. The molecule has 0 saturated carbocycles. The minimum atomic E-state index is 0.665. The van der Waals surface area contributed by atoms with Gasteiger partial charge in [0.15, 0.2) is 11.1 Å². The maximum atomic E-state index is 4.54. The smallest absolute Gasteiger partial charge is 0.191 e. The number of anilines is 1. The van der Waals surface area contributed by atoms with Crippen LogP contribution in [0.1, 0.15) is 16.8 Å². The number of hydrogen-bond acceptors (Lipinski definition) is 4. The first-order valence-corrected chi connectivity index (χ1v) is 8.08. The molecule has 2 aromatic rings. The standard InChI is InChI=1S/C16H23N5S/c1-12-5-7-13(8-6-12)9-18-15(17-2)19-10-14-11-22-16(20-14)21(3)4/h5-8,11H,9-10H2,1-4H3,(H2,17,18,19). The van der Waals surface area contributed by atoms with E-state index in [9.17, 15) is 0 Å². The summed E-state index contributed by atoms with van der Waals surface area (Å²) in [4.78, 5) is 10.8. The second-order valence-corrected chi connectivity index (χ2v) is 6.12. The quantitative estimate of drug-likeness (QED) is 0.657. The van der Waals surface area contributed by atoms with Gasteiger partial charge >= 0.3 is 0 Å². The highest BCUT2D eigenvalue weighted by atomic mass is 32.1. The Bertz CT molecular complexity index is 616. The van der Waals surface area contributed by atoms with Crippen LogP contribution < -0.4 is 15.5 Å². The van der Waals surface area contributed by atoms with Crippen molar-refractivity contribution in [2.45, 2.75) is 20.0 Å². The van der Waals surface area contributed by atoms with Crippen LogP contribution in [-0.2, 0) is 13.1 Å². The summed E-state index contributed by atoms with van der Waals surface area (Å²) >= 11 is 1.64. The fourth-order valence-corrected chi connectivity index (χ4v) is 2.63. The van der Waals surface area contributed by atoms with Gasteiger partial charge in [-0.25, -0.2) is 4.98 Å². The van der Waals surface area contributed by atoms with E-state index >= 15 is 0 Å². The van der Waals surface area contributed by atoms with E-state index in [0.717, 1.165) is 23.3 Å². The second kappa shape index (κ2) is 7.79. The maximum Gasteiger partial charge on any atom is 0.191 e. The Labute approximate surface area is 136 Å². The summed E-state index contributed by atoms with van der Waals surface area (Å²) in [6, 6.07) is 8.48. The molecule has 2 rings (SSSR count). The van der Waals surface area contributed by atoms with Gasteiger partial charge in [0.1, 0.15) is 0 Å². The van der Waals surface area contributed by atoms with Gasteiger partial charge in [-0.1, -0.05) is 29.8 Å². The zero-order valence-corrected chi connectivity index (χ0v) is 14.4. The van der Waals surface area contributed by atoms with Gasteiger partial charge in [0, 0.05) is 33.1 Å². The number of nitrogens with zero attached hydrogens (tertiary/aromatic N) is 3. The number of rotatable bonds is 5. The number of thiazole rings is 1. The molecule has 0 unspecified atom stereocenters. The second-order valence-electron chi connectivity index (χ2n) is 5.28. The average Bonchev–Trinajstić information content (AvgIpc) is 2.98. The highest BCUT2D eigenvalue weighted by molar-refractivity contribution is 7.13. The van der Waals surface area contributed by atoms with Crippen molar-refractivity contribution in [3.63, 3.8) is 0 Å². The Morgan fingerprint density at radius 1 is 1.18 bits per heavy atom. The number of hydrogen-bond donors (Lipinski definition) is 2. The number of benzene rings is 1. The lowest BCUT2D eigenvalue weighted by Crippen LogP contribution is -2.36. The van der Waals surface area contributed by atoms with E-state index in [1.54, 1.807) is 18.4 Å². The molecule has 1 heterocycles. The summed E-state index contributed by atoms with van der Waals surface area (Å²) < 4.78 is 0. The van der Waals surface area contributed by atoms with Crippen LogP contribution in [0.3, 0.4) is 0 Å². The van der Waals surface area contributed by atoms with Crippen molar-refractivity contribution < 1.29 is 0 Å². The van der Waals surface area contributed by atoms with Crippen molar-refractivity contribution in [1.82, 2.24) is 15.6 Å². The predicted octanol–water partition coefficient (Wildman–Crippen LogP) is 2.38. The minimum Gasteiger partial charge on any atom is -0.354 e. The molecular weight excluding hydrogens is 294 g/mol. The molecule has 0 radical (unpaired) electrons. The first-order valence-electron chi connectivity index (χ1n) is 7.20. The molecule has 0 atom stereocenters. The molecule has 0 amide bonds. The van der Waals surface area contributed by atoms with Crippen LogP contribution in [0.5, 0.6) is 0 Å². The van der Waals surface area contributed by atoms with Crippen LogP contribution >= 0.6 is 11.3 Å². The fraction of sp³-hybridized carbons (Fsp3) is 0.375. The summed E-state index contributed by atoms with van der Waals surface area (Å²) in [5.41, 5.74) is 3.52. The Kier molecular flexibility index (Phi) is 5.77. The van der Waals surface area contributed by atoms with Crippen LogP contribution in [0.2, 0.25) is 0 Å². The van der Waals surface area contributed by atoms with Crippen molar-refractivity contribution in [3.05, 3.63) is 46.5 Å². The van der Waals surface area contributed by atoms with E-state index in [1.165, 1.54) is 11.1 Å². The summed E-state index contributed by atoms with van der Waals surface area (Å²) in [5, 5.41) is 9.67. The zero-order chi connectivity index (χ0) is 15.9. The molecule has 22 heavy (non-hydrogen) atoms. The normalized spacial score (nSPS) is 11.4. The molecule has 0 aliphatic heterocycles. The number of aryl methyl sites for hydroxylation is 1. The highest BCUT2D eigenvalue weighted by Gasteiger charge is 2.04. The highest BCUT2D eigenvalue weighted by Crippen LogP contribution is 2.17. The summed E-state index contributed by atoms with van der Waals surface area (Å²) in [6.45, 7) is 3.51. The molecule has 0 aliphatic rings. The van der Waals surface area contributed by atoms with Crippen molar-refractivity contribution in [3.8, 4) is 0 Å². The lowest BCUT2D eigenvalue weighted by atomic mass is 10.1. The van der Waals surface area contributed by atoms with Crippen molar-refractivity contribution in [2.75, 3.05) is 26.0 Å². The third-order valence-corrected chi connectivity index (χ3v) is 4.22. The summed E-state index contributed by atoms with van der Waals surface area (Å²) in [5.74, 6) is 0.778. The van der Waals surface area contributed by atoms with E-state index < -0.39 is 0 Å². The molecule has 0 bridgehead atoms. The van der Waals surface area contributed by atoms with Crippen molar-refractivity contribution in [2.24, 2.45) is 4.99 Å². The molecule has 118 valence electrons. The predicted molar refractivity (Wildman–Crippen MR) is 94.7 cm³/mol. The lowest BCUT2D eigenvalue weighted by molar-refractivity contribution is 0.797. The topological polar surface area (TPSA) is 52.6 Å². The molecule has 2 N–H and O–H groups in total. The van der Waals surface area contributed by atoms with Gasteiger partial charge in [-0.3, -0.25) is 4.99 Å². The van der Waals surface area contributed by atoms with E-state index in [-0.39, 0.29) is 0 Å². The Hall–Kier alpha value is -2.08. The van der Waals surface area contributed by atoms with Crippen LogP contribution in [0.4, 0.5) is 5.13 Å². The van der Waals surface area contributed by atoms with Crippen LogP contribution in [0.25, 0.3) is 0 Å². The molecule has 6 heteroatoms. The largest absolute Gasteiger partial charge is 0.354 e. The van der Waals surface area contributed by atoms with Gasteiger partial charge in [0.05, 0.1) is 12.2 Å². The maximum absolute atomic E-state index is 4.54. The van der Waals surface area contributed by atoms with Crippen molar-refractivity contribution in [1.29, 1.82) is 0 Å². The van der Waals surface area contributed by atoms with Crippen molar-refractivity contribution >= 4 is 22.4 Å². The molecule has 0 spiro atoms. The van der Waals surface area contributed by atoms with Gasteiger partial charge in [0.25, 0.3) is 0 Å².